The first-order valence-corrected chi connectivity index (χ1v) is 10.9. The number of anilines is 2. The summed E-state index contributed by atoms with van der Waals surface area (Å²) in [7, 11) is 0. The van der Waals surface area contributed by atoms with Crippen LogP contribution in [0, 0.1) is 0 Å². The molecule has 2 aromatic carbocycles. The molecule has 1 aliphatic heterocycles. The van der Waals surface area contributed by atoms with E-state index in [1.165, 1.54) is 0 Å². The fourth-order valence-electron chi connectivity index (χ4n) is 3.37. The van der Waals surface area contributed by atoms with Crippen LogP contribution in [0.5, 0.6) is 0 Å². The zero-order chi connectivity index (χ0) is 20.2. The van der Waals surface area contributed by atoms with Gasteiger partial charge in [0.15, 0.2) is 0 Å². The Balaban J connectivity index is 1.55. The molecule has 0 unspecified atom stereocenters. The Bertz CT molecular complexity index is 1040. The number of ether oxygens (including phenoxy) is 1. The number of rotatable bonds is 6. The van der Waals surface area contributed by atoms with E-state index in [-0.39, 0.29) is 6.09 Å². The van der Waals surface area contributed by atoms with Gasteiger partial charge < -0.3 is 15.0 Å². The standard InChI is InChI=1S/C22H22ClN3O2S/c1-2-28-22(27)24-11-5-6-12-26-18-10-9-16(23)14-19(18)29-20-13-15-7-3-4-8-17(15)25-21(20)26/h3-4,7-10,13-14H,2,5-6,11-12H2,1H3,(H,24,27). The highest BCUT2D eigenvalue weighted by Gasteiger charge is 2.25. The minimum atomic E-state index is -0.361. The minimum absolute atomic E-state index is 0.361. The maximum absolute atomic E-state index is 11.4. The van der Waals surface area contributed by atoms with E-state index in [0.717, 1.165) is 56.6 Å². The second-order valence-electron chi connectivity index (χ2n) is 6.72. The molecule has 1 amide bonds. The molecule has 7 heteroatoms. The van der Waals surface area contributed by atoms with Crippen LogP contribution in [0.3, 0.4) is 0 Å². The number of para-hydroxylation sites is 1. The first-order chi connectivity index (χ1) is 14.2. The second-order valence-corrected chi connectivity index (χ2v) is 8.24. The Morgan fingerprint density at radius 1 is 1.17 bits per heavy atom. The molecular formula is C22H22ClN3O2S. The van der Waals surface area contributed by atoms with Crippen molar-refractivity contribution >= 4 is 51.9 Å². The van der Waals surface area contributed by atoms with E-state index < -0.39 is 0 Å². The van der Waals surface area contributed by atoms with Crippen LogP contribution in [-0.2, 0) is 4.74 Å². The number of amides is 1. The molecule has 0 saturated heterocycles. The van der Waals surface area contributed by atoms with Crippen molar-refractivity contribution in [2.24, 2.45) is 0 Å². The lowest BCUT2D eigenvalue weighted by molar-refractivity contribution is 0.152. The first-order valence-electron chi connectivity index (χ1n) is 9.71. The number of halogens is 1. The van der Waals surface area contributed by atoms with Gasteiger partial charge in [-0.3, -0.25) is 0 Å². The number of nitrogens with one attached hydrogen (secondary N) is 1. The molecule has 0 fully saturated rings. The van der Waals surface area contributed by atoms with Gasteiger partial charge in [0, 0.05) is 28.4 Å². The number of unbranched alkanes of at least 4 members (excludes halogenated alkanes) is 1. The quantitative estimate of drug-likeness (QED) is 0.487. The van der Waals surface area contributed by atoms with Crippen LogP contribution in [0.4, 0.5) is 16.3 Å². The number of aromatic nitrogens is 1. The summed E-state index contributed by atoms with van der Waals surface area (Å²) < 4.78 is 4.90. The molecule has 150 valence electrons. The minimum Gasteiger partial charge on any atom is -0.450 e. The lowest BCUT2D eigenvalue weighted by Crippen LogP contribution is -2.27. The predicted molar refractivity (Wildman–Crippen MR) is 119 cm³/mol. The van der Waals surface area contributed by atoms with E-state index in [4.69, 9.17) is 21.3 Å². The Hall–Kier alpha value is -2.44. The van der Waals surface area contributed by atoms with Gasteiger partial charge in [0.25, 0.3) is 0 Å². The molecule has 0 spiro atoms. The fraction of sp³-hybridized carbons (Fsp3) is 0.273. The van der Waals surface area contributed by atoms with Gasteiger partial charge in [-0.25, -0.2) is 9.78 Å². The summed E-state index contributed by atoms with van der Waals surface area (Å²) in [5, 5.41) is 4.63. The molecule has 4 rings (SSSR count). The molecule has 0 atom stereocenters. The van der Waals surface area contributed by atoms with Crippen molar-refractivity contribution < 1.29 is 9.53 Å². The maximum atomic E-state index is 11.4. The Labute approximate surface area is 179 Å². The van der Waals surface area contributed by atoms with Gasteiger partial charge in [-0.15, -0.1) is 0 Å². The third-order valence-corrected chi connectivity index (χ3v) is 6.01. The number of fused-ring (bicyclic) bond motifs is 3. The third-order valence-electron chi connectivity index (χ3n) is 4.71. The molecule has 0 aliphatic carbocycles. The Morgan fingerprint density at radius 2 is 2.03 bits per heavy atom. The number of hydrogen-bond acceptors (Lipinski definition) is 5. The van der Waals surface area contributed by atoms with Crippen LogP contribution in [0.25, 0.3) is 10.9 Å². The fourth-order valence-corrected chi connectivity index (χ4v) is 4.75. The summed E-state index contributed by atoms with van der Waals surface area (Å²) >= 11 is 7.95. The van der Waals surface area contributed by atoms with Crippen molar-refractivity contribution in [1.82, 2.24) is 10.3 Å². The molecule has 0 saturated carbocycles. The number of alkyl carbamates (subject to hydrolysis) is 1. The van der Waals surface area contributed by atoms with Crippen LogP contribution in [0.2, 0.25) is 5.02 Å². The van der Waals surface area contributed by atoms with E-state index in [1.807, 2.05) is 30.3 Å². The van der Waals surface area contributed by atoms with Gasteiger partial charge in [0.2, 0.25) is 0 Å². The number of nitrogens with zero attached hydrogens (tertiary/aromatic N) is 2. The number of hydrogen-bond donors (Lipinski definition) is 1. The normalized spacial score (nSPS) is 12.4. The highest BCUT2D eigenvalue weighted by molar-refractivity contribution is 7.99. The largest absolute Gasteiger partial charge is 0.450 e. The lowest BCUT2D eigenvalue weighted by Gasteiger charge is -2.32. The first kappa shape index (κ1) is 19.9. The van der Waals surface area contributed by atoms with Crippen LogP contribution in [0.15, 0.2) is 58.3 Å². The Morgan fingerprint density at radius 3 is 2.90 bits per heavy atom. The van der Waals surface area contributed by atoms with Crippen molar-refractivity contribution in [2.45, 2.75) is 29.6 Å². The molecule has 1 aromatic heterocycles. The van der Waals surface area contributed by atoms with Crippen molar-refractivity contribution in [3.05, 3.63) is 53.6 Å². The van der Waals surface area contributed by atoms with Crippen molar-refractivity contribution in [3.63, 3.8) is 0 Å². The zero-order valence-electron chi connectivity index (χ0n) is 16.2. The van der Waals surface area contributed by atoms with Crippen molar-refractivity contribution in [3.8, 4) is 0 Å². The van der Waals surface area contributed by atoms with Crippen LogP contribution in [-0.4, -0.2) is 30.8 Å². The topological polar surface area (TPSA) is 54.5 Å². The number of benzene rings is 2. The SMILES string of the molecule is CCOC(=O)NCCCCN1c2ccc(Cl)cc2Sc2cc3ccccc3nc21. The van der Waals surface area contributed by atoms with E-state index in [2.05, 4.69) is 28.4 Å². The summed E-state index contributed by atoms with van der Waals surface area (Å²) in [6, 6.07) is 16.3. The van der Waals surface area contributed by atoms with E-state index in [1.54, 1.807) is 18.7 Å². The molecule has 3 aromatic rings. The lowest BCUT2D eigenvalue weighted by atomic mass is 10.2. The smallest absolute Gasteiger partial charge is 0.407 e. The molecule has 0 radical (unpaired) electrons. The highest BCUT2D eigenvalue weighted by atomic mass is 35.5. The third kappa shape index (κ3) is 4.43. The van der Waals surface area contributed by atoms with Gasteiger partial charge >= 0.3 is 6.09 Å². The van der Waals surface area contributed by atoms with Gasteiger partial charge in [0.05, 0.1) is 22.7 Å². The van der Waals surface area contributed by atoms with Crippen LogP contribution < -0.4 is 10.2 Å². The summed E-state index contributed by atoms with van der Waals surface area (Å²) in [6.45, 7) is 3.57. The molecule has 29 heavy (non-hydrogen) atoms. The van der Waals surface area contributed by atoms with Crippen LogP contribution in [0.1, 0.15) is 19.8 Å². The Kier molecular flexibility index (Phi) is 6.11. The second kappa shape index (κ2) is 8.93. The summed E-state index contributed by atoms with van der Waals surface area (Å²) in [4.78, 5) is 20.9. The summed E-state index contributed by atoms with van der Waals surface area (Å²) in [6.07, 6.45) is 1.40. The van der Waals surface area contributed by atoms with Gasteiger partial charge in [-0.2, -0.15) is 0 Å². The van der Waals surface area contributed by atoms with Crippen LogP contribution >= 0.6 is 23.4 Å². The molecule has 2 heterocycles. The predicted octanol–water partition coefficient (Wildman–Crippen LogP) is 6.02. The maximum Gasteiger partial charge on any atom is 0.407 e. The van der Waals surface area contributed by atoms with Gasteiger partial charge in [-0.1, -0.05) is 41.6 Å². The van der Waals surface area contributed by atoms with Gasteiger partial charge in [-0.05, 0) is 50.1 Å². The summed E-state index contributed by atoms with van der Waals surface area (Å²) in [5.74, 6) is 0.974. The molecule has 0 bridgehead atoms. The zero-order valence-corrected chi connectivity index (χ0v) is 17.7. The molecule has 1 aliphatic rings. The average Bonchev–Trinajstić information content (AvgIpc) is 2.71. The monoisotopic (exact) mass is 427 g/mol. The molecular weight excluding hydrogens is 406 g/mol. The van der Waals surface area contributed by atoms with Crippen molar-refractivity contribution in [1.29, 1.82) is 0 Å². The van der Waals surface area contributed by atoms with Gasteiger partial charge in [0.1, 0.15) is 5.82 Å². The molecule has 5 nitrogen and oxygen atoms in total. The highest BCUT2D eigenvalue weighted by Crippen LogP contribution is 2.48. The summed E-state index contributed by atoms with van der Waals surface area (Å²) in [5.41, 5.74) is 2.10. The van der Waals surface area contributed by atoms with E-state index in [9.17, 15) is 4.79 Å². The number of carbonyl (C=O) groups is 1. The number of carbonyl (C=O) groups excluding carboxylic acids is 1. The van der Waals surface area contributed by atoms with Crippen molar-refractivity contribution in [2.75, 3.05) is 24.6 Å². The van der Waals surface area contributed by atoms with E-state index in [0.29, 0.717) is 13.2 Å². The molecule has 1 N–H and O–H groups in total. The average molecular weight is 428 g/mol. The number of pyridine rings is 1. The van der Waals surface area contributed by atoms with E-state index >= 15 is 0 Å².